The maximum Gasteiger partial charge on any atom is 0.417 e. The Kier molecular flexibility index (Phi) is 18.2. The van der Waals surface area contributed by atoms with Crippen molar-refractivity contribution in [1.29, 1.82) is 5.26 Å². The first-order valence-corrected chi connectivity index (χ1v) is 24.8. The molecule has 0 saturated carbocycles. The Hall–Kier alpha value is -5.78. The van der Waals surface area contributed by atoms with E-state index in [2.05, 4.69) is 15.6 Å². The Balaban J connectivity index is 0.851. The number of β-amino-alcohol motifs (C(OH)–C–C–N with tert-alkyl or cyclic N) is 1. The first-order valence-electron chi connectivity index (χ1n) is 23.5. The molecule has 0 bridgehead atoms. The van der Waals surface area contributed by atoms with E-state index in [0.717, 1.165) is 46.7 Å². The zero-order valence-electron chi connectivity index (χ0n) is 40.8. The SMILES string of the molecule is Cc1ncsc1-c1ccc(CNC(=O)[C@@H]2C[C@@H](O)CN2C(=O)[C@@H](NC(=O)COCCCCOCCCCOc2ccc(N3C(=S)C(c4ccc(C#N)c(C(F)(F)F)c4)C(=O)C3(C)C)cc2)C(C)(C)C)cc1. The van der Waals surface area contributed by atoms with Gasteiger partial charge in [0.15, 0.2) is 5.78 Å². The zero-order chi connectivity index (χ0) is 51.7. The number of nitriles is 1. The van der Waals surface area contributed by atoms with Crippen molar-refractivity contribution in [3.63, 3.8) is 0 Å². The number of nitrogens with one attached hydrogen (secondary N) is 2. The van der Waals surface area contributed by atoms with Gasteiger partial charge in [-0.2, -0.15) is 18.4 Å². The van der Waals surface area contributed by atoms with Crippen molar-refractivity contribution >= 4 is 57.7 Å². The summed E-state index contributed by atoms with van der Waals surface area (Å²) in [6, 6.07) is 17.8. The van der Waals surface area contributed by atoms with E-state index in [-0.39, 0.29) is 48.4 Å². The topological polar surface area (TPSA) is 183 Å². The number of aliphatic hydroxyl groups is 1. The molecule has 2 saturated heterocycles. The predicted octanol–water partition coefficient (Wildman–Crippen LogP) is 8.07. The number of ether oxygens (including phenoxy) is 3. The van der Waals surface area contributed by atoms with Crippen LogP contribution in [0, 0.1) is 23.7 Å². The number of Topliss-reactive ketones (excluding diaryl/α,β-unsaturated/α-hetero) is 1. The first kappa shape index (κ1) is 54.6. The van der Waals surface area contributed by atoms with Gasteiger partial charge in [0, 0.05) is 45.0 Å². The third-order valence-corrected chi connectivity index (χ3v) is 13.9. The molecule has 4 aromatic rings. The Bertz CT molecular complexity index is 2580. The smallest absolute Gasteiger partial charge is 0.417 e. The summed E-state index contributed by atoms with van der Waals surface area (Å²) in [6.45, 7) is 12.5. The molecule has 19 heteroatoms. The molecule has 1 unspecified atom stereocenters. The summed E-state index contributed by atoms with van der Waals surface area (Å²) in [5, 5.41) is 25.5. The number of unbranched alkanes of at least 4 members (excludes halogenated alkanes) is 2. The van der Waals surface area contributed by atoms with Crippen LogP contribution >= 0.6 is 23.6 Å². The lowest BCUT2D eigenvalue weighted by Crippen LogP contribution is -2.58. The van der Waals surface area contributed by atoms with Gasteiger partial charge < -0.3 is 39.8 Å². The number of halogens is 3. The van der Waals surface area contributed by atoms with Crippen LogP contribution in [0.4, 0.5) is 18.9 Å². The summed E-state index contributed by atoms with van der Waals surface area (Å²) in [5.74, 6) is -2.16. The minimum absolute atomic E-state index is 0.0270. The van der Waals surface area contributed by atoms with Crippen LogP contribution in [0.5, 0.6) is 5.75 Å². The molecule has 2 fully saturated rings. The van der Waals surface area contributed by atoms with Crippen LogP contribution in [0.1, 0.15) is 101 Å². The quantitative estimate of drug-likeness (QED) is 0.0540. The number of hydrogen-bond donors (Lipinski definition) is 3. The number of amides is 3. The van der Waals surface area contributed by atoms with Crippen LogP contribution in [-0.2, 0) is 41.4 Å². The highest BCUT2D eigenvalue weighted by molar-refractivity contribution is 7.80. The Morgan fingerprint density at radius 3 is 2.23 bits per heavy atom. The van der Waals surface area contributed by atoms with Gasteiger partial charge in [-0.3, -0.25) is 19.2 Å². The van der Waals surface area contributed by atoms with Crippen molar-refractivity contribution in [3.8, 4) is 22.3 Å². The van der Waals surface area contributed by atoms with Gasteiger partial charge in [0.25, 0.3) is 0 Å². The standard InChI is InChI=1S/C52H61F3N6O8S2/c1-32-44(71-31-58-32)34-13-11-33(12-14-34)28-57-47(65)41-26-38(62)29-60(41)48(66)45(50(2,3)4)59-42(63)30-68-23-8-7-21-67-22-9-10-24-69-39-19-17-37(18-20-39)61-49(70)43(46(64)51(61,5)6)35-15-16-36(27-56)40(25-35)52(53,54)55/h11-20,25,31,38,41,43,45,62H,7-10,21-24,26,28-30H2,1-6H3,(H,57,65)(H,59,63)/t38-,41+,43?,45-/m1/s1. The number of benzene rings is 3. The monoisotopic (exact) mass is 1020 g/mol. The van der Waals surface area contributed by atoms with Gasteiger partial charge in [-0.1, -0.05) is 63.3 Å². The number of aliphatic hydroxyl groups excluding tert-OH is 1. The average molecular weight is 1020 g/mol. The Labute approximate surface area is 421 Å². The molecule has 0 spiro atoms. The number of rotatable bonds is 21. The predicted molar refractivity (Wildman–Crippen MR) is 267 cm³/mol. The molecule has 3 heterocycles. The largest absolute Gasteiger partial charge is 0.494 e. The highest BCUT2D eigenvalue weighted by Gasteiger charge is 2.52. The Morgan fingerprint density at radius 1 is 0.972 bits per heavy atom. The van der Waals surface area contributed by atoms with Crippen LogP contribution in [0.25, 0.3) is 10.4 Å². The van der Waals surface area contributed by atoms with Crippen molar-refractivity contribution in [2.24, 2.45) is 5.41 Å². The zero-order valence-corrected chi connectivity index (χ0v) is 42.4. The number of thiazole rings is 1. The number of ketones is 1. The third kappa shape index (κ3) is 13.6. The number of nitrogens with zero attached hydrogens (tertiary/aromatic N) is 4. The lowest BCUT2D eigenvalue weighted by molar-refractivity contribution is -0.144. The molecule has 2 aliphatic heterocycles. The van der Waals surface area contributed by atoms with E-state index in [9.17, 15) is 42.7 Å². The van der Waals surface area contributed by atoms with Crippen molar-refractivity contribution in [1.82, 2.24) is 20.5 Å². The number of aromatic nitrogens is 1. The lowest BCUT2D eigenvalue weighted by atomic mass is 9.85. The van der Waals surface area contributed by atoms with Gasteiger partial charge in [-0.05, 0) is 105 Å². The fourth-order valence-electron chi connectivity index (χ4n) is 8.64. The molecule has 380 valence electrons. The van der Waals surface area contributed by atoms with E-state index in [1.807, 2.05) is 52.0 Å². The maximum atomic E-state index is 13.9. The molecule has 2 aliphatic rings. The molecule has 6 rings (SSSR count). The van der Waals surface area contributed by atoms with Gasteiger partial charge in [-0.15, -0.1) is 11.3 Å². The molecule has 0 aliphatic carbocycles. The summed E-state index contributed by atoms with van der Waals surface area (Å²) in [7, 11) is 0. The molecular weight excluding hydrogens is 958 g/mol. The van der Waals surface area contributed by atoms with Gasteiger partial charge >= 0.3 is 6.18 Å². The minimum Gasteiger partial charge on any atom is -0.494 e. The molecule has 14 nitrogen and oxygen atoms in total. The molecular formula is C52H61F3N6O8S2. The number of likely N-dealkylation sites (tertiary alicyclic amines) is 1. The molecule has 71 heavy (non-hydrogen) atoms. The van der Waals surface area contributed by atoms with Crippen molar-refractivity contribution < 1.29 is 51.7 Å². The van der Waals surface area contributed by atoms with Gasteiger partial charge in [0.05, 0.1) is 62.4 Å². The van der Waals surface area contributed by atoms with E-state index in [1.165, 1.54) is 11.0 Å². The number of thiocarbonyl (C=S) groups is 1. The van der Waals surface area contributed by atoms with Crippen LogP contribution in [0.15, 0.2) is 72.2 Å². The maximum absolute atomic E-state index is 13.9. The molecule has 3 N–H and O–H groups in total. The van der Waals surface area contributed by atoms with Crippen molar-refractivity contribution in [2.45, 2.75) is 116 Å². The van der Waals surface area contributed by atoms with Crippen LogP contribution in [-0.4, -0.2) is 107 Å². The van der Waals surface area contributed by atoms with Gasteiger partial charge in [0.1, 0.15) is 24.4 Å². The summed E-state index contributed by atoms with van der Waals surface area (Å²) in [5.41, 5.74) is 1.85. The van der Waals surface area contributed by atoms with Crippen LogP contribution < -0.4 is 20.3 Å². The lowest BCUT2D eigenvalue weighted by Gasteiger charge is -2.35. The second kappa shape index (κ2) is 23.6. The summed E-state index contributed by atoms with van der Waals surface area (Å²) in [6.07, 6.45) is -2.75. The third-order valence-electron chi connectivity index (χ3n) is 12.5. The van der Waals surface area contributed by atoms with E-state index < -0.39 is 64.2 Å². The normalized spacial score (nSPS) is 18.4. The molecule has 3 amide bonds. The van der Waals surface area contributed by atoms with E-state index in [0.29, 0.717) is 50.7 Å². The average Bonchev–Trinajstić information content (AvgIpc) is 3.99. The summed E-state index contributed by atoms with van der Waals surface area (Å²) >= 11 is 7.26. The van der Waals surface area contributed by atoms with Crippen LogP contribution in [0.3, 0.4) is 0 Å². The highest BCUT2D eigenvalue weighted by Crippen LogP contribution is 2.43. The van der Waals surface area contributed by atoms with Crippen LogP contribution in [0.2, 0.25) is 0 Å². The first-order chi connectivity index (χ1) is 33.6. The molecule has 3 aromatic carbocycles. The number of carbonyl (C=O) groups excluding carboxylic acids is 4. The minimum atomic E-state index is -4.77. The number of carbonyl (C=O) groups is 4. The van der Waals surface area contributed by atoms with Gasteiger partial charge in [0.2, 0.25) is 17.7 Å². The molecule has 0 radical (unpaired) electrons. The molecule has 4 atom stereocenters. The Morgan fingerprint density at radius 2 is 1.62 bits per heavy atom. The number of hydrogen-bond acceptors (Lipinski definition) is 12. The number of aryl methyl sites for hydroxylation is 1. The second-order valence-corrected chi connectivity index (χ2v) is 20.6. The number of anilines is 1. The highest BCUT2D eigenvalue weighted by atomic mass is 32.1. The number of alkyl halides is 3. The van der Waals surface area contributed by atoms with Gasteiger partial charge in [-0.25, -0.2) is 4.98 Å². The van der Waals surface area contributed by atoms with Crippen molar-refractivity contribution in [3.05, 3.63) is 100 Å². The van der Waals surface area contributed by atoms with E-state index in [1.54, 1.807) is 65.9 Å². The fraction of sp³-hybridized carbons (Fsp3) is 0.481. The summed E-state index contributed by atoms with van der Waals surface area (Å²) < 4.78 is 58.5. The van der Waals surface area contributed by atoms with E-state index >= 15 is 0 Å². The van der Waals surface area contributed by atoms with Crippen molar-refractivity contribution in [2.75, 3.05) is 44.5 Å². The van der Waals surface area contributed by atoms with E-state index in [4.69, 9.17) is 26.4 Å². The summed E-state index contributed by atoms with van der Waals surface area (Å²) in [4.78, 5) is 62.5. The fourth-order valence-corrected chi connectivity index (χ4v) is 10.0. The second-order valence-electron chi connectivity index (χ2n) is 19.3. The molecule has 1 aromatic heterocycles.